The lowest BCUT2D eigenvalue weighted by Gasteiger charge is -2.22. The van der Waals surface area contributed by atoms with Gasteiger partial charge in [-0.2, -0.15) is 5.01 Å². The van der Waals surface area contributed by atoms with E-state index >= 15 is 0 Å². The molecule has 1 heterocycles. The summed E-state index contributed by atoms with van der Waals surface area (Å²) in [6, 6.07) is 19.3. The quantitative estimate of drug-likeness (QED) is 0.538. The van der Waals surface area contributed by atoms with Gasteiger partial charge in [0.05, 0.1) is 0 Å². The van der Waals surface area contributed by atoms with Crippen LogP contribution in [0.5, 0.6) is 0 Å². The monoisotopic (exact) mass is 423 g/mol. The van der Waals surface area contributed by atoms with Gasteiger partial charge in [-0.3, -0.25) is 15.0 Å². The summed E-state index contributed by atoms with van der Waals surface area (Å²) in [4.78, 5) is 37.8. The molecule has 4 amide bonds. The van der Waals surface area contributed by atoms with Crippen molar-refractivity contribution < 1.29 is 19.7 Å². The zero-order valence-corrected chi connectivity index (χ0v) is 18.3. The van der Waals surface area contributed by atoms with Gasteiger partial charge in [-0.1, -0.05) is 74.5 Å². The minimum atomic E-state index is -1.05. The normalized spacial score (nSPS) is 19.4. The highest BCUT2D eigenvalue weighted by molar-refractivity contribution is 6.07. The molecule has 1 fully saturated rings. The molecule has 0 aromatic heterocycles. The number of imide groups is 1. The molecule has 0 radical (unpaired) electrons. The van der Waals surface area contributed by atoms with Crippen LogP contribution in [0.25, 0.3) is 0 Å². The van der Waals surface area contributed by atoms with Crippen LogP contribution in [-0.2, 0) is 16.0 Å². The van der Waals surface area contributed by atoms with Crippen molar-refractivity contribution in [2.75, 3.05) is 6.54 Å². The molecule has 2 atom stereocenters. The van der Waals surface area contributed by atoms with E-state index in [4.69, 9.17) is 0 Å². The predicted molar refractivity (Wildman–Crippen MR) is 118 cm³/mol. The Morgan fingerprint density at radius 3 is 2.29 bits per heavy atom. The Morgan fingerprint density at radius 1 is 1.06 bits per heavy atom. The van der Waals surface area contributed by atoms with Crippen LogP contribution in [0.15, 0.2) is 60.7 Å². The molecule has 4 N–H and O–H groups in total. The molecule has 1 saturated heterocycles. The smallest absolute Gasteiger partial charge is 0.332 e. The van der Waals surface area contributed by atoms with Gasteiger partial charge in [-0.05, 0) is 25.3 Å². The first-order valence-electron chi connectivity index (χ1n) is 10.7. The molecule has 2 aromatic carbocycles. The Hall–Kier alpha value is -3.19. The maximum absolute atomic E-state index is 12.9. The lowest BCUT2D eigenvalue weighted by Crippen LogP contribution is -2.88. The highest BCUT2D eigenvalue weighted by atomic mass is 16.2. The molecule has 0 saturated carbocycles. The largest absolute Gasteiger partial charge is 0.344 e. The molecule has 7 heteroatoms. The first-order chi connectivity index (χ1) is 14.8. The van der Waals surface area contributed by atoms with Crippen molar-refractivity contribution in [1.82, 2.24) is 15.8 Å². The van der Waals surface area contributed by atoms with Crippen molar-refractivity contribution >= 4 is 17.8 Å². The number of hydrogen-bond acceptors (Lipinski definition) is 3. The number of nitrogens with zero attached hydrogens (tertiary/aromatic N) is 1. The third-order valence-electron chi connectivity index (χ3n) is 5.71. The Kier molecular flexibility index (Phi) is 7.07. The maximum Gasteiger partial charge on any atom is 0.344 e. The number of carbonyl (C=O) groups excluding carboxylic acids is 3. The van der Waals surface area contributed by atoms with E-state index in [2.05, 4.69) is 24.6 Å². The second-order valence-corrected chi connectivity index (χ2v) is 8.54. The maximum atomic E-state index is 12.9. The summed E-state index contributed by atoms with van der Waals surface area (Å²) in [7, 11) is 0. The first kappa shape index (κ1) is 22.5. The molecule has 3 rings (SSSR count). The van der Waals surface area contributed by atoms with E-state index in [9.17, 15) is 14.4 Å². The number of quaternary nitrogens is 1. The van der Waals surface area contributed by atoms with Gasteiger partial charge in [0.1, 0.15) is 11.6 Å². The molecule has 0 aliphatic carbocycles. The molecule has 7 nitrogen and oxygen atoms in total. The summed E-state index contributed by atoms with van der Waals surface area (Å²) < 4.78 is 0. The molecule has 31 heavy (non-hydrogen) atoms. The molecule has 1 aliphatic heterocycles. The minimum absolute atomic E-state index is 0.103. The number of benzene rings is 2. The standard InChI is InChI=1S/C24H30N4O3/c1-17(2)21(19-12-8-5-9-13-19)25-16-20(29)27-28-22(30)24(3,26-23(28)31)15-14-18-10-6-4-7-11-18/h4-13,17,21,25H,14-16H2,1-3H3,(H,26,31)(H,27,29)/p+1/t21-,24+/m1/s1. The van der Waals surface area contributed by atoms with Gasteiger partial charge in [0.15, 0.2) is 6.54 Å². The molecule has 164 valence electrons. The number of carbonyl (C=O) groups is 3. The number of nitrogens with one attached hydrogen (secondary N) is 2. The Balaban J connectivity index is 1.57. The fourth-order valence-electron chi connectivity index (χ4n) is 3.87. The van der Waals surface area contributed by atoms with Crippen LogP contribution in [0.2, 0.25) is 0 Å². The summed E-state index contributed by atoms with van der Waals surface area (Å²) in [5.74, 6) is -0.518. The highest BCUT2D eigenvalue weighted by Gasteiger charge is 2.48. The SMILES string of the molecule is CC(C)[C@@H]([NH2+]CC(=O)NN1C(=O)N[C@@](C)(CCc2ccccc2)C1=O)c1ccccc1. The average molecular weight is 424 g/mol. The fraction of sp³-hybridized carbons (Fsp3) is 0.375. The van der Waals surface area contributed by atoms with Crippen LogP contribution in [0, 0.1) is 5.92 Å². The van der Waals surface area contributed by atoms with Crippen molar-refractivity contribution in [3.8, 4) is 0 Å². The Morgan fingerprint density at radius 2 is 1.68 bits per heavy atom. The second-order valence-electron chi connectivity index (χ2n) is 8.54. The number of rotatable bonds is 9. The number of urea groups is 1. The lowest BCUT2D eigenvalue weighted by atomic mass is 9.93. The van der Waals surface area contributed by atoms with Gasteiger partial charge < -0.3 is 10.6 Å². The van der Waals surface area contributed by atoms with E-state index in [0.717, 1.165) is 16.1 Å². The van der Waals surface area contributed by atoms with Crippen LogP contribution >= 0.6 is 0 Å². The molecular formula is C24H31N4O3+. The van der Waals surface area contributed by atoms with E-state index in [1.165, 1.54) is 0 Å². The summed E-state index contributed by atoms with van der Waals surface area (Å²) in [5, 5.41) is 5.47. The van der Waals surface area contributed by atoms with E-state index in [1.54, 1.807) is 6.92 Å². The topological polar surface area (TPSA) is 95.1 Å². The zero-order chi connectivity index (χ0) is 22.4. The molecule has 0 spiro atoms. The van der Waals surface area contributed by atoms with Crippen molar-refractivity contribution in [3.05, 3.63) is 71.8 Å². The Bertz CT molecular complexity index is 917. The van der Waals surface area contributed by atoms with E-state index in [1.807, 2.05) is 66.0 Å². The van der Waals surface area contributed by atoms with E-state index in [0.29, 0.717) is 18.8 Å². The zero-order valence-electron chi connectivity index (χ0n) is 18.3. The summed E-state index contributed by atoms with van der Waals surface area (Å²) in [5.41, 5.74) is 3.65. The van der Waals surface area contributed by atoms with Crippen molar-refractivity contribution in [2.45, 2.75) is 45.2 Å². The van der Waals surface area contributed by atoms with Gasteiger partial charge in [0.25, 0.3) is 11.8 Å². The van der Waals surface area contributed by atoms with Gasteiger partial charge in [-0.15, -0.1) is 0 Å². The number of hydrogen-bond donors (Lipinski definition) is 3. The van der Waals surface area contributed by atoms with Gasteiger partial charge in [0, 0.05) is 11.5 Å². The molecule has 1 aliphatic rings. The Labute approximate surface area is 183 Å². The summed E-state index contributed by atoms with van der Waals surface area (Å²) in [6.45, 7) is 6.00. The van der Waals surface area contributed by atoms with Crippen molar-refractivity contribution in [1.29, 1.82) is 0 Å². The van der Waals surface area contributed by atoms with Crippen LogP contribution in [0.1, 0.15) is 44.4 Å². The summed E-state index contributed by atoms with van der Waals surface area (Å²) >= 11 is 0. The number of nitrogens with two attached hydrogens (primary N) is 1. The van der Waals surface area contributed by atoms with Crippen molar-refractivity contribution in [3.63, 3.8) is 0 Å². The number of amides is 4. The van der Waals surface area contributed by atoms with Crippen LogP contribution in [0.4, 0.5) is 4.79 Å². The van der Waals surface area contributed by atoms with Crippen LogP contribution < -0.4 is 16.1 Å². The number of hydrazine groups is 1. The van der Waals surface area contributed by atoms with Gasteiger partial charge in [0.2, 0.25) is 0 Å². The molecule has 2 aromatic rings. The van der Waals surface area contributed by atoms with E-state index in [-0.39, 0.29) is 12.6 Å². The van der Waals surface area contributed by atoms with Crippen LogP contribution in [-0.4, -0.2) is 34.9 Å². The molecule has 0 unspecified atom stereocenters. The lowest BCUT2D eigenvalue weighted by molar-refractivity contribution is -0.692. The summed E-state index contributed by atoms with van der Waals surface area (Å²) in [6.07, 6.45) is 1.09. The van der Waals surface area contributed by atoms with Gasteiger partial charge in [-0.25, -0.2) is 4.79 Å². The van der Waals surface area contributed by atoms with Crippen LogP contribution in [0.3, 0.4) is 0 Å². The first-order valence-corrected chi connectivity index (χ1v) is 10.7. The molecular weight excluding hydrogens is 392 g/mol. The van der Waals surface area contributed by atoms with E-state index < -0.39 is 23.4 Å². The second kappa shape index (κ2) is 9.75. The minimum Gasteiger partial charge on any atom is -0.332 e. The third-order valence-corrected chi connectivity index (χ3v) is 5.71. The van der Waals surface area contributed by atoms with Crippen molar-refractivity contribution in [2.24, 2.45) is 5.92 Å². The third kappa shape index (κ3) is 5.49. The van der Waals surface area contributed by atoms with Gasteiger partial charge >= 0.3 is 6.03 Å². The predicted octanol–water partition coefficient (Wildman–Crippen LogP) is 1.92. The fourth-order valence-corrected chi connectivity index (χ4v) is 3.87. The molecule has 0 bridgehead atoms. The highest BCUT2D eigenvalue weighted by Crippen LogP contribution is 2.22. The average Bonchev–Trinajstić information content (AvgIpc) is 2.97. The number of aryl methyl sites for hydroxylation is 1.